The minimum atomic E-state index is -3.73. The Balaban J connectivity index is 1.48. The molecule has 3 aromatic rings. The normalized spacial score (nSPS) is 11.0. The predicted octanol–water partition coefficient (Wildman–Crippen LogP) is 2.72. The molecule has 31 heavy (non-hydrogen) atoms. The molecule has 0 saturated carbocycles. The number of carbonyl (C=O) groups excluding carboxylic acids is 2. The third-order valence-corrected chi connectivity index (χ3v) is 5.87. The van der Waals surface area contributed by atoms with E-state index in [1.54, 1.807) is 23.6 Å². The van der Waals surface area contributed by atoms with Gasteiger partial charge in [-0.15, -0.1) is 11.3 Å². The van der Waals surface area contributed by atoms with E-state index in [0.29, 0.717) is 23.8 Å². The number of primary sulfonamides is 1. The minimum absolute atomic E-state index is 0.0363. The van der Waals surface area contributed by atoms with Gasteiger partial charge in [-0.05, 0) is 48.7 Å². The van der Waals surface area contributed by atoms with Crippen LogP contribution in [0.4, 0.5) is 15.6 Å². The van der Waals surface area contributed by atoms with Crippen molar-refractivity contribution >= 4 is 44.1 Å². The lowest BCUT2D eigenvalue weighted by Gasteiger charge is -2.06. The van der Waals surface area contributed by atoms with Crippen molar-refractivity contribution in [2.45, 2.75) is 18.2 Å². The number of hydrogen-bond donors (Lipinski definition) is 4. The van der Waals surface area contributed by atoms with Crippen molar-refractivity contribution in [3.05, 3.63) is 70.7 Å². The molecular formula is C20H21N5O4S2. The number of sulfonamides is 1. The average molecular weight is 460 g/mol. The fourth-order valence-corrected chi connectivity index (χ4v) is 3.88. The zero-order valence-electron chi connectivity index (χ0n) is 16.6. The summed E-state index contributed by atoms with van der Waals surface area (Å²) in [5.74, 6) is -0.371. The van der Waals surface area contributed by atoms with E-state index in [4.69, 9.17) is 5.14 Å². The molecule has 0 saturated heterocycles. The van der Waals surface area contributed by atoms with Gasteiger partial charge in [-0.25, -0.2) is 23.3 Å². The van der Waals surface area contributed by atoms with Gasteiger partial charge in [0, 0.05) is 17.6 Å². The van der Waals surface area contributed by atoms with Crippen molar-refractivity contribution in [3.8, 4) is 0 Å². The number of thiazole rings is 1. The lowest BCUT2D eigenvalue weighted by atomic mass is 10.1. The SMILES string of the molecule is Cc1cccc(NC(=O)Nc2nc(C(=O)NCCc3ccc(S(N)(=O)=O)cc3)cs2)c1. The van der Waals surface area contributed by atoms with Crippen LogP contribution < -0.4 is 21.1 Å². The molecular weight excluding hydrogens is 438 g/mol. The number of rotatable bonds is 7. The number of carbonyl (C=O) groups is 2. The topological polar surface area (TPSA) is 143 Å². The maximum absolute atomic E-state index is 12.3. The maximum Gasteiger partial charge on any atom is 0.325 e. The molecule has 0 fully saturated rings. The first-order chi connectivity index (χ1) is 14.7. The Morgan fingerprint density at radius 3 is 2.52 bits per heavy atom. The highest BCUT2D eigenvalue weighted by atomic mass is 32.2. The smallest absolute Gasteiger partial charge is 0.325 e. The Labute approximate surface area is 183 Å². The fourth-order valence-electron chi connectivity index (χ4n) is 2.67. The van der Waals surface area contributed by atoms with Gasteiger partial charge in [0.2, 0.25) is 10.0 Å². The number of urea groups is 1. The third kappa shape index (κ3) is 6.60. The minimum Gasteiger partial charge on any atom is -0.350 e. The van der Waals surface area contributed by atoms with Gasteiger partial charge in [0.25, 0.3) is 5.91 Å². The van der Waals surface area contributed by atoms with Gasteiger partial charge in [-0.2, -0.15) is 0 Å². The number of benzene rings is 2. The molecule has 0 aliphatic carbocycles. The number of aromatic nitrogens is 1. The van der Waals surface area contributed by atoms with Gasteiger partial charge < -0.3 is 10.6 Å². The first-order valence-corrected chi connectivity index (χ1v) is 11.6. The highest BCUT2D eigenvalue weighted by Gasteiger charge is 2.13. The summed E-state index contributed by atoms with van der Waals surface area (Å²) in [6.07, 6.45) is 0.505. The molecule has 0 atom stereocenters. The van der Waals surface area contributed by atoms with Crippen molar-refractivity contribution < 1.29 is 18.0 Å². The van der Waals surface area contributed by atoms with Crippen LogP contribution in [0.1, 0.15) is 21.6 Å². The Hall–Kier alpha value is -3.28. The van der Waals surface area contributed by atoms with Crippen LogP contribution in [0.25, 0.3) is 0 Å². The second kappa shape index (κ2) is 9.69. The molecule has 0 bridgehead atoms. The standard InChI is InChI=1S/C20H21N5O4S2/c1-13-3-2-4-15(11-13)23-19(27)25-20-24-17(12-30-20)18(26)22-10-9-14-5-7-16(8-6-14)31(21,28)29/h2-8,11-12H,9-10H2,1H3,(H,22,26)(H2,21,28,29)(H2,23,24,25,27). The zero-order chi connectivity index (χ0) is 22.4. The first-order valence-electron chi connectivity index (χ1n) is 9.21. The molecule has 0 aliphatic heterocycles. The summed E-state index contributed by atoms with van der Waals surface area (Å²) in [6.45, 7) is 2.26. The molecule has 3 amide bonds. The molecule has 0 unspecified atom stereocenters. The van der Waals surface area contributed by atoms with Gasteiger partial charge in [-0.1, -0.05) is 24.3 Å². The van der Waals surface area contributed by atoms with E-state index in [9.17, 15) is 18.0 Å². The van der Waals surface area contributed by atoms with E-state index in [0.717, 1.165) is 22.5 Å². The average Bonchev–Trinajstić information content (AvgIpc) is 3.16. The molecule has 11 heteroatoms. The molecule has 0 spiro atoms. The lowest BCUT2D eigenvalue weighted by Crippen LogP contribution is -2.26. The number of hydrogen-bond acceptors (Lipinski definition) is 6. The highest BCUT2D eigenvalue weighted by molar-refractivity contribution is 7.89. The van der Waals surface area contributed by atoms with Crippen molar-refractivity contribution in [1.29, 1.82) is 0 Å². The number of amides is 3. The zero-order valence-corrected chi connectivity index (χ0v) is 18.2. The Morgan fingerprint density at radius 2 is 1.84 bits per heavy atom. The number of nitrogens with two attached hydrogens (primary N) is 1. The maximum atomic E-state index is 12.3. The van der Waals surface area contributed by atoms with Crippen LogP contribution in [0.3, 0.4) is 0 Å². The molecule has 162 valence electrons. The van der Waals surface area contributed by atoms with Crippen molar-refractivity contribution in [2.24, 2.45) is 5.14 Å². The van der Waals surface area contributed by atoms with Crippen LogP contribution >= 0.6 is 11.3 Å². The van der Waals surface area contributed by atoms with Crippen LogP contribution in [0.2, 0.25) is 0 Å². The second-order valence-electron chi connectivity index (χ2n) is 6.68. The van der Waals surface area contributed by atoms with E-state index in [-0.39, 0.29) is 16.5 Å². The second-order valence-corrected chi connectivity index (χ2v) is 9.10. The molecule has 1 heterocycles. The molecule has 5 N–H and O–H groups in total. The number of aryl methyl sites for hydroxylation is 1. The van der Waals surface area contributed by atoms with Crippen molar-refractivity contribution in [1.82, 2.24) is 10.3 Å². The Morgan fingerprint density at radius 1 is 1.10 bits per heavy atom. The molecule has 9 nitrogen and oxygen atoms in total. The van der Waals surface area contributed by atoms with Gasteiger partial charge in [0.05, 0.1) is 4.90 Å². The molecule has 2 aromatic carbocycles. The van der Waals surface area contributed by atoms with E-state index in [1.807, 2.05) is 25.1 Å². The van der Waals surface area contributed by atoms with Crippen LogP contribution in [-0.4, -0.2) is 31.9 Å². The van der Waals surface area contributed by atoms with E-state index in [2.05, 4.69) is 20.9 Å². The van der Waals surface area contributed by atoms with Crippen LogP contribution in [0.5, 0.6) is 0 Å². The van der Waals surface area contributed by atoms with Gasteiger partial charge in [-0.3, -0.25) is 10.1 Å². The summed E-state index contributed by atoms with van der Waals surface area (Å²) in [4.78, 5) is 28.5. The van der Waals surface area contributed by atoms with E-state index >= 15 is 0 Å². The predicted molar refractivity (Wildman–Crippen MR) is 120 cm³/mol. The molecule has 3 rings (SSSR count). The fraction of sp³-hybridized carbons (Fsp3) is 0.150. The van der Waals surface area contributed by atoms with Crippen molar-refractivity contribution in [2.75, 3.05) is 17.2 Å². The summed E-state index contributed by atoms with van der Waals surface area (Å²) < 4.78 is 22.5. The number of anilines is 2. The number of nitrogens with zero attached hydrogens (tertiary/aromatic N) is 1. The monoisotopic (exact) mass is 459 g/mol. The summed E-state index contributed by atoms with van der Waals surface area (Å²) in [6, 6.07) is 13.1. The molecule has 0 radical (unpaired) electrons. The van der Waals surface area contributed by atoms with Crippen LogP contribution in [-0.2, 0) is 16.4 Å². The summed E-state index contributed by atoms with van der Waals surface area (Å²) in [5, 5.41) is 15.0. The first kappa shape index (κ1) is 22.4. The van der Waals surface area contributed by atoms with E-state index < -0.39 is 16.1 Å². The quantitative estimate of drug-likeness (QED) is 0.429. The summed E-state index contributed by atoms with van der Waals surface area (Å²) in [7, 11) is -3.73. The molecule has 0 aliphatic rings. The van der Waals surface area contributed by atoms with Gasteiger partial charge in [0.15, 0.2) is 5.13 Å². The number of nitrogens with one attached hydrogen (secondary N) is 3. The van der Waals surface area contributed by atoms with E-state index in [1.165, 1.54) is 12.1 Å². The lowest BCUT2D eigenvalue weighted by molar-refractivity contribution is 0.0950. The van der Waals surface area contributed by atoms with Gasteiger partial charge >= 0.3 is 6.03 Å². The Bertz CT molecular complexity index is 1190. The van der Waals surface area contributed by atoms with Crippen LogP contribution in [0.15, 0.2) is 58.8 Å². The largest absolute Gasteiger partial charge is 0.350 e. The molecule has 1 aromatic heterocycles. The Kier molecular flexibility index (Phi) is 7.00. The van der Waals surface area contributed by atoms with Crippen LogP contribution in [0, 0.1) is 6.92 Å². The summed E-state index contributed by atoms with van der Waals surface area (Å²) in [5.41, 5.74) is 2.72. The summed E-state index contributed by atoms with van der Waals surface area (Å²) >= 11 is 1.14. The van der Waals surface area contributed by atoms with Gasteiger partial charge in [0.1, 0.15) is 5.69 Å². The third-order valence-electron chi connectivity index (χ3n) is 4.18. The highest BCUT2D eigenvalue weighted by Crippen LogP contribution is 2.16. The van der Waals surface area contributed by atoms with Crippen molar-refractivity contribution in [3.63, 3.8) is 0 Å².